The summed E-state index contributed by atoms with van der Waals surface area (Å²) in [6.07, 6.45) is 9.92. The molecule has 0 radical (unpaired) electrons. The van der Waals surface area contributed by atoms with Gasteiger partial charge in [0.05, 0.1) is 34.1 Å². The predicted molar refractivity (Wildman–Crippen MR) is 225 cm³/mol. The molecule has 0 unspecified atom stereocenters. The van der Waals surface area contributed by atoms with Crippen molar-refractivity contribution < 1.29 is 47.2 Å². The molecule has 1 aliphatic heterocycles. The van der Waals surface area contributed by atoms with Gasteiger partial charge in [0.1, 0.15) is 12.0 Å². The van der Waals surface area contributed by atoms with Crippen LogP contribution in [0.15, 0.2) is 69.4 Å². The molecular formula is C46H57NO11. The summed E-state index contributed by atoms with van der Waals surface area (Å²) in [6.45, 7) is 13.8. The minimum atomic E-state index is -0.589. The summed E-state index contributed by atoms with van der Waals surface area (Å²) in [6, 6.07) is 10.3. The van der Waals surface area contributed by atoms with Gasteiger partial charge in [0.2, 0.25) is 0 Å². The number of nitrogens with one attached hydrogen (secondary N) is 1. The smallest absolute Gasteiger partial charge is 0.336 e. The van der Waals surface area contributed by atoms with Crippen molar-refractivity contribution in [2.45, 2.75) is 80.6 Å². The second kappa shape index (κ2) is 22.6. The van der Waals surface area contributed by atoms with Gasteiger partial charge in [-0.15, -0.1) is 0 Å². The fourth-order valence-corrected chi connectivity index (χ4v) is 5.97. The normalized spacial score (nSPS) is 13.3. The first-order chi connectivity index (χ1) is 27.9. The van der Waals surface area contributed by atoms with Crippen LogP contribution in [0.2, 0.25) is 0 Å². The summed E-state index contributed by atoms with van der Waals surface area (Å²) >= 11 is 0. The lowest BCUT2D eigenvalue weighted by molar-refractivity contribution is -0.139. The van der Waals surface area contributed by atoms with Crippen LogP contribution in [0.4, 0.5) is 0 Å². The number of benzene rings is 2. The monoisotopic (exact) mass is 799 g/mol. The molecule has 1 N–H and O–H groups in total. The Hall–Kier alpha value is -6.04. The summed E-state index contributed by atoms with van der Waals surface area (Å²) in [4.78, 5) is 48.0. The van der Waals surface area contributed by atoms with Gasteiger partial charge in [-0.3, -0.25) is 9.59 Å². The number of carbonyl (C=O) groups is 3. The van der Waals surface area contributed by atoms with Crippen LogP contribution in [0, 0.1) is 11.8 Å². The molecule has 2 aromatic carbocycles. The molecule has 12 heteroatoms. The topological polar surface area (TPSA) is 149 Å². The number of rotatable bonds is 14. The second-order valence-electron chi connectivity index (χ2n) is 13.8. The zero-order chi connectivity index (χ0) is 42.9. The third-order valence-corrected chi connectivity index (χ3v) is 8.62. The number of fused-ring (bicyclic) bond motifs is 2. The van der Waals surface area contributed by atoms with Gasteiger partial charge in [-0.1, -0.05) is 54.5 Å². The van der Waals surface area contributed by atoms with Gasteiger partial charge in [-0.05, 0) is 71.9 Å². The average Bonchev–Trinajstić information content (AvgIpc) is 3.37. The third-order valence-electron chi connectivity index (χ3n) is 8.62. The molecule has 1 aromatic heterocycles. The third kappa shape index (κ3) is 12.0. The van der Waals surface area contributed by atoms with E-state index in [-0.39, 0.29) is 48.4 Å². The van der Waals surface area contributed by atoms with Gasteiger partial charge in [0.25, 0.3) is 0 Å². The lowest BCUT2D eigenvalue weighted by Gasteiger charge is -2.24. The minimum Gasteiger partial charge on any atom is -0.493 e. The molecule has 0 amide bonds. The molecule has 2 heterocycles. The molecule has 0 fully saturated rings. The van der Waals surface area contributed by atoms with Crippen LogP contribution < -0.4 is 29.9 Å². The van der Waals surface area contributed by atoms with Crippen molar-refractivity contribution in [3.8, 4) is 23.0 Å². The van der Waals surface area contributed by atoms with Crippen LogP contribution in [-0.4, -0.2) is 46.7 Å². The molecule has 5 rings (SSSR count). The van der Waals surface area contributed by atoms with Crippen LogP contribution in [0.25, 0.3) is 23.4 Å². The van der Waals surface area contributed by atoms with E-state index in [0.717, 1.165) is 17.4 Å². The fourth-order valence-electron chi connectivity index (χ4n) is 5.97. The highest BCUT2D eigenvalue weighted by Gasteiger charge is 2.27. The number of esters is 2. The number of aldehydes is 1. The Bertz CT molecular complexity index is 2100. The van der Waals surface area contributed by atoms with Crippen molar-refractivity contribution in [1.82, 2.24) is 5.32 Å². The number of allylic oxidation sites excluding steroid dienone is 1. The van der Waals surface area contributed by atoms with Crippen LogP contribution in [-0.2, 0) is 30.3 Å². The average molecular weight is 800 g/mol. The van der Waals surface area contributed by atoms with Crippen LogP contribution in [0.3, 0.4) is 0 Å². The van der Waals surface area contributed by atoms with Crippen LogP contribution in [0.1, 0.15) is 108 Å². The van der Waals surface area contributed by atoms with Gasteiger partial charge in [-0.25, -0.2) is 4.79 Å². The maximum Gasteiger partial charge on any atom is 0.336 e. The standard InChI is InChI=1S/C39H41NO10.C5H10O.C2H6/c1-8-9-35(41)49-30-13-12-28-26(20-33(30)46-6)27(21-37(43)48-28)38(24-10-11-29(31(18-24)44-4)50-36(42)16-22(2)3)39-25-19-34(47-7)32(45-5)17-23(25)14-15-40-39;1-5(2)3-4-6;1-2/h10-11,13-15,17-22,40H,8-9,12,16H2,1-7H3;4-5H,3H2,1-2H3;1-2H3/b39-38-;;. The first-order valence-corrected chi connectivity index (χ1v) is 19.5. The van der Waals surface area contributed by atoms with Crippen LogP contribution >= 0.6 is 0 Å². The lowest BCUT2D eigenvalue weighted by atomic mass is 9.87. The van der Waals surface area contributed by atoms with E-state index >= 15 is 0 Å². The molecule has 3 aromatic rings. The molecule has 312 valence electrons. The summed E-state index contributed by atoms with van der Waals surface area (Å²) < 4.78 is 39.8. The molecule has 0 saturated carbocycles. The Morgan fingerprint density at radius 1 is 0.828 bits per heavy atom. The summed E-state index contributed by atoms with van der Waals surface area (Å²) in [5.74, 6) is 2.31. The Morgan fingerprint density at radius 3 is 2.09 bits per heavy atom. The van der Waals surface area contributed by atoms with Crippen molar-refractivity contribution in [3.63, 3.8) is 0 Å². The molecule has 0 bridgehead atoms. The molecule has 0 atom stereocenters. The van der Waals surface area contributed by atoms with Gasteiger partial charge in [0, 0.05) is 60.2 Å². The van der Waals surface area contributed by atoms with Gasteiger partial charge < -0.3 is 42.9 Å². The predicted octanol–water partition coefficient (Wildman–Crippen LogP) is 9.14. The van der Waals surface area contributed by atoms with Crippen molar-refractivity contribution in [3.05, 3.63) is 104 Å². The summed E-state index contributed by atoms with van der Waals surface area (Å²) in [5, 5.41) is 3.39. The van der Waals surface area contributed by atoms with E-state index in [0.29, 0.717) is 69.7 Å². The number of carbonyl (C=O) groups excluding carboxylic acids is 3. The van der Waals surface area contributed by atoms with Gasteiger partial charge >= 0.3 is 17.6 Å². The summed E-state index contributed by atoms with van der Waals surface area (Å²) in [5.41, 5.74) is 3.85. The fraction of sp³-hybridized carbons (Fsp3) is 0.391. The lowest BCUT2D eigenvalue weighted by Crippen LogP contribution is -2.15. The number of methoxy groups -OCH3 is 4. The van der Waals surface area contributed by atoms with Gasteiger partial charge in [-0.2, -0.15) is 0 Å². The van der Waals surface area contributed by atoms with E-state index in [1.807, 2.05) is 66.7 Å². The second-order valence-corrected chi connectivity index (χ2v) is 13.8. The SMILES string of the molecule is CC.CC(C)CC=O.CCCC(=O)OC1=CCc2oc(=O)cc(/C(=C3\NC=Cc4cc(OC)c(OC)cc43)c3ccc(OC(=O)CC(C)C)c(OC)c3)c2C=C1OC. The maximum atomic E-state index is 13.3. The van der Waals surface area contributed by atoms with Crippen molar-refractivity contribution in [2.24, 2.45) is 11.8 Å². The number of ether oxygens (including phenoxy) is 6. The highest BCUT2D eigenvalue weighted by molar-refractivity contribution is 6.03. The maximum absolute atomic E-state index is 13.3. The van der Waals surface area contributed by atoms with E-state index in [4.69, 9.17) is 32.8 Å². The number of hydrogen-bond acceptors (Lipinski definition) is 12. The van der Waals surface area contributed by atoms with E-state index in [1.54, 1.807) is 50.8 Å². The van der Waals surface area contributed by atoms with E-state index in [1.165, 1.54) is 20.3 Å². The molecular weight excluding hydrogens is 743 g/mol. The van der Waals surface area contributed by atoms with E-state index in [2.05, 4.69) is 5.32 Å². The Labute approximate surface area is 341 Å². The molecule has 2 aliphatic rings. The molecule has 58 heavy (non-hydrogen) atoms. The quantitative estimate of drug-likeness (QED) is 0.0942. The van der Waals surface area contributed by atoms with Gasteiger partial charge in [0.15, 0.2) is 34.5 Å². The van der Waals surface area contributed by atoms with E-state index < -0.39 is 11.6 Å². The molecule has 0 saturated heterocycles. The molecule has 0 spiro atoms. The molecule has 12 nitrogen and oxygen atoms in total. The minimum absolute atomic E-state index is 0.112. The van der Waals surface area contributed by atoms with Crippen molar-refractivity contribution in [1.29, 1.82) is 0 Å². The molecule has 1 aliphatic carbocycles. The van der Waals surface area contributed by atoms with Crippen LogP contribution in [0.5, 0.6) is 23.0 Å². The Morgan fingerprint density at radius 2 is 1.50 bits per heavy atom. The summed E-state index contributed by atoms with van der Waals surface area (Å²) in [7, 11) is 6.09. The first kappa shape index (κ1) is 46.3. The largest absolute Gasteiger partial charge is 0.493 e. The Balaban J connectivity index is 0.00000103. The van der Waals surface area contributed by atoms with Crippen molar-refractivity contribution >= 4 is 41.6 Å². The Kier molecular flexibility index (Phi) is 18.1. The highest BCUT2D eigenvalue weighted by Crippen LogP contribution is 2.43. The zero-order valence-corrected chi connectivity index (χ0v) is 35.5. The highest BCUT2D eigenvalue weighted by atomic mass is 16.6. The van der Waals surface area contributed by atoms with Crippen molar-refractivity contribution in [2.75, 3.05) is 28.4 Å². The zero-order valence-electron chi connectivity index (χ0n) is 35.5. The van der Waals surface area contributed by atoms with E-state index in [9.17, 15) is 19.2 Å². The number of hydrogen-bond donors (Lipinski definition) is 1. The first-order valence-electron chi connectivity index (χ1n) is 19.5.